The average molecular weight is 327 g/mol. The minimum Gasteiger partial charge on any atom is -0.490 e. The van der Waals surface area contributed by atoms with Crippen molar-refractivity contribution in [3.05, 3.63) is 24.3 Å². The first-order chi connectivity index (χ1) is 9.46. The molecule has 0 saturated heterocycles. The van der Waals surface area contributed by atoms with Crippen LogP contribution in [0.25, 0.3) is 0 Å². The van der Waals surface area contributed by atoms with E-state index >= 15 is 0 Å². The summed E-state index contributed by atoms with van der Waals surface area (Å²) in [5.74, 6) is 0.125. The number of nitrogens with two attached hydrogens (primary N) is 1. The molecule has 0 fully saturated rings. The van der Waals surface area contributed by atoms with Crippen molar-refractivity contribution in [2.45, 2.75) is 18.9 Å². The molecule has 1 unspecified atom stereocenters. The van der Waals surface area contributed by atoms with Crippen molar-refractivity contribution in [2.75, 3.05) is 13.2 Å². The number of nitrogens with zero attached hydrogens (tertiary/aromatic N) is 1. The topological polar surface area (TPSA) is 66.1 Å². The van der Waals surface area contributed by atoms with Gasteiger partial charge in [0.15, 0.2) is 6.10 Å². The zero-order valence-corrected chi connectivity index (χ0v) is 11.6. The monoisotopic (exact) mass is 326 g/mol. The number of hydrogen-bond donors (Lipinski definition) is 1. The van der Waals surface area contributed by atoms with E-state index in [1.807, 2.05) is 0 Å². The molecule has 1 aliphatic heterocycles. The molecule has 0 radical (unpaired) electrons. The highest BCUT2D eigenvalue weighted by Crippen LogP contribution is 2.25. The van der Waals surface area contributed by atoms with Gasteiger partial charge < -0.3 is 20.0 Å². The Kier molecular flexibility index (Phi) is 6.10. The van der Waals surface area contributed by atoms with E-state index < -0.39 is 6.36 Å². The van der Waals surface area contributed by atoms with Crippen LogP contribution in [0.15, 0.2) is 29.4 Å². The Labute approximate surface area is 125 Å². The number of oxime groups is 1. The first-order valence-electron chi connectivity index (χ1n) is 5.86. The second-order valence-electron chi connectivity index (χ2n) is 4.12. The van der Waals surface area contributed by atoms with Gasteiger partial charge in [0.05, 0.1) is 5.71 Å². The van der Waals surface area contributed by atoms with E-state index in [0.29, 0.717) is 18.7 Å². The van der Waals surface area contributed by atoms with Gasteiger partial charge in [0.2, 0.25) is 0 Å². The quantitative estimate of drug-likeness (QED) is 0.903. The molecule has 0 aliphatic carbocycles. The van der Waals surface area contributed by atoms with Crippen LogP contribution < -0.4 is 15.2 Å². The summed E-state index contributed by atoms with van der Waals surface area (Å²) in [5.41, 5.74) is 6.17. The van der Waals surface area contributed by atoms with E-state index in [1.165, 1.54) is 24.3 Å². The number of benzene rings is 1. The molecule has 2 N–H and O–H groups in total. The molecule has 1 atom stereocenters. The summed E-state index contributed by atoms with van der Waals surface area (Å²) >= 11 is 0. The SMILES string of the molecule is Cl.NCC1=NOC(COc2ccc(OC(F)(F)F)cc2)C1. The van der Waals surface area contributed by atoms with Crippen LogP contribution in [0.3, 0.4) is 0 Å². The maximum atomic E-state index is 12.0. The summed E-state index contributed by atoms with van der Waals surface area (Å²) in [5, 5.41) is 3.77. The van der Waals surface area contributed by atoms with Gasteiger partial charge in [-0.05, 0) is 24.3 Å². The molecular formula is C12H14ClF3N2O3. The third-order valence-electron chi connectivity index (χ3n) is 2.52. The van der Waals surface area contributed by atoms with E-state index in [-0.39, 0.29) is 30.9 Å². The summed E-state index contributed by atoms with van der Waals surface area (Å²) in [4.78, 5) is 5.08. The minimum absolute atomic E-state index is 0. The van der Waals surface area contributed by atoms with Crippen LogP contribution in [0.5, 0.6) is 11.5 Å². The Hall–Kier alpha value is -1.67. The maximum Gasteiger partial charge on any atom is 0.573 e. The Morgan fingerprint density at radius 2 is 1.86 bits per heavy atom. The van der Waals surface area contributed by atoms with Crippen molar-refractivity contribution in [2.24, 2.45) is 10.9 Å². The van der Waals surface area contributed by atoms with Gasteiger partial charge in [-0.3, -0.25) is 0 Å². The summed E-state index contributed by atoms with van der Waals surface area (Å²) in [6, 6.07) is 5.14. The Balaban J connectivity index is 0.00000220. The van der Waals surface area contributed by atoms with Crippen molar-refractivity contribution in [3.63, 3.8) is 0 Å². The van der Waals surface area contributed by atoms with Crippen LogP contribution in [-0.2, 0) is 4.84 Å². The summed E-state index contributed by atoms with van der Waals surface area (Å²) in [6.45, 7) is 0.576. The molecule has 0 spiro atoms. The number of ether oxygens (including phenoxy) is 2. The smallest absolute Gasteiger partial charge is 0.490 e. The first-order valence-corrected chi connectivity index (χ1v) is 5.86. The van der Waals surface area contributed by atoms with Crippen molar-refractivity contribution in [1.82, 2.24) is 0 Å². The molecule has 9 heteroatoms. The van der Waals surface area contributed by atoms with Gasteiger partial charge in [0.25, 0.3) is 0 Å². The van der Waals surface area contributed by atoms with E-state index in [4.69, 9.17) is 15.3 Å². The van der Waals surface area contributed by atoms with Crippen molar-refractivity contribution >= 4 is 18.1 Å². The van der Waals surface area contributed by atoms with Crippen LogP contribution in [0, 0.1) is 0 Å². The molecule has 0 aromatic heterocycles. The van der Waals surface area contributed by atoms with E-state index in [1.54, 1.807) is 0 Å². The number of hydrogen-bond acceptors (Lipinski definition) is 5. The van der Waals surface area contributed by atoms with Crippen LogP contribution >= 0.6 is 12.4 Å². The molecule has 0 amide bonds. The predicted octanol–water partition coefficient (Wildman–Crippen LogP) is 2.49. The van der Waals surface area contributed by atoms with Gasteiger partial charge in [-0.25, -0.2) is 0 Å². The maximum absolute atomic E-state index is 12.0. The lowest BCUT2D eigenvalue weighted by molar-refractivity contribution is -0.274. The molecule has 0 saturated carbocycles. The highest BCUT2D eigenvalue weighted by molar-refractivity contribution is 5.87. The molecule has 118 valence electrons. The molecular weight excluding hydrogens is 313 g/mol. The lowest BCUT2D eigenvalue weighted by Crippen LogP contribution is -2.20. The van der Waals surface area contributed by atoms with Crippen LogP contribution in [0.1, 0.15) is 6.42 Å². The Morgan fingerprint density at radius 1 is 1.24 bits per heavy atom. The molecule has 5 nitrogen and oxygen atoms in total. The third-order valence-corrected chi connectivity index (χ3v) is 2.52. The Morgan fingerprint density at radius 3 is 2.38 bits per heavy atom. The second kappa shape index (κ2) is 7.37. The summed E-state index contributed by atoms with van der Waals surface area (Å²) < 4.78 is 45.1. The van der Waals surface area contributed by atoms with Gasteiger partial charge in [-0.15, -0.1) is 25.6 Å². The zero-order valence-electron chi connectivity index (χ0n) is 10.8. The number of rotatable bonds is 5. The lowest BCUT2D eigenvalue weighted by Gasteiger charge is -2.12. The first kappa shape index (κ1) is 17.4. The van der Waals surface area contributed by atoms with E-state index in [2.05, 4.69) is 9.89 Å². The van der Waals surface area contributed by atoms with Crippen molar-refractivity contribution in [3.8, 4) is 11.5 Å². The fraction of sp³-hybridized carbons (Fsp3) is 0.417. The molecule has 1 aromatic rings. The van der Waals surface area contributed by atoms with Gasteiger partial charge in [0.1, 0.15) is 18.1 Å². The molecule has 1 heterocycles. The summed E-state index contributed by atoms with van der Waals surface area (Å²) in [7, 11) is 0. The molecule has 1 aliphatic rings. The van der Waals surface area contributed by atoms with Crippen LogP contribution in [0.4, 0.5) is 13.2 Å². The predicted molar refractivity (Wildman–Crippen MR) is 71.8 cm³/mol. The van der Waals surface area contributed by atoms with Crippen molar-refractivity contribution in [1.29, 1.82) is 0 Å². The van der Waals surface area contributed by atoms with Crippen molar-refractivity contribution < 1.29 is 27.5 Å². The second-order valence-corrected chi connectivity index (χ2v) is 4.12. The Bertz CT molecular complexity index is 480. The standard InChI is InChI=1S/C12H13F3N2O3.ClH/c13-12(14,15)19-10-3-1-9(2-4-10)18-7-11-5-8(6-16)17-20-11;/h1-4,11H,5-7,16H2;1H. The summed E-state index contributed by atoms with van der Waals surface area (Å²) in [6.07, 6.45) is -4.33. The van der Waals surface area contributed by atoms with E-state index in [0.717, 1.165) is 5.71 Å². The third kappa shape index (κ3) is 5.68. The fourth-order valence-electron chi connectivity index (χ4n) is 1.62. The van der Waals surface area contributed by atoms with Crippen LogP contribution in [-0.4, -0.2) is 31.3 Å². The number of alkyl halides is 3. The fourth-order valence-corrected chi connectivity index (χ4v) is 1.62. The lowest BCUT2D eigenvalue weighted by atomic mass is 10.2. The highest BCUT2D eigenvalue weighted by atomic mass is 35.5. The molecule has 1 aromatic carbocycles. The number of halogens is 4. The molecule has 21 heavy (non-hydrogen) atoms. The van der Waals surface area contributed by atoms with Gasteiger partial charge in [-0.1, -0.05) is 5.16 Å². The largest absolute Gasteiger partial charge is 0.573 e. The van der Waals surface area contributed by atoms with Gasteiger partial charge >= 0.3 is 6.36 Å². The highest BCUT2D eigenvalue weighted by Gasteiger charge is 2.31. The van der Waals surface area contributed by atoms with Gasteiger partial charge in [-0.2, -0.15) is 0 Å². The molecule has 0 bridgehead atoms. The van der Waals surface area contributed by atoms with Crippen LogP contribution in [0.2, 0.25) is 0 Å². The molecule has 2 rings (SSSR count). The van der Waals surface area contributed by atoms with E-state index in [9.17, 15) is 13.2 Å². The normalized spacial score (nSPS) is 17.5. The average Bonchev–Trinajstić information content (AvgIpc) is 2.84. The van der Waals surface area contributed by atoms with Gasteiger partial charge in [0, 0.05) is 13.0 Å². The minimum atomic E-state index is -4.70. The zero-order chi connectivity index (χ0) is 14.6.